The van der Waals surface area contributed by atoms with Crippen LogP contribution in [0.15, 0.2) is 54.7 Å². The van der Waals surface area contributed by atoms with Crippen LogP contribution in [-0.4, -0.2) is 48.3 Å². The summed E-state index contributed by atoms with van der Waals surface area (Å²) in [6.07, 6.45) is 2.20. The molecule has 0 aliphatic carbocycles. The van der Waals surface area contributed by atoms with Gasteiger partial charge >= 0.3 is 0 Å². The summed E-state index contributed by atoms with van der Waals surface area (Å²) >= 11 is 0. The number of halogens is 2. The number of amides is 1. The topological polar surface area (TPSA) is 97.3 Å². The summed E-state index contributed by atoms with van der Waals surface area (Å²) in [5.74, 6) is -1.81. The van der Waals surface area contributed by atoms with Gasteiger partial charge in [-0.1, -0.05) is 6.92 Å². The number of imidazole rings is 1. The number of nitrogens with one attached hydrogen (secondary N) is 1. The second-order valence-electron chi connectivity index (χ2n) is 7.66. The van der Waals surface area contributed by atoms with E-state index in [2.05, 4.69) is 15.4 Å². The summed E-state index contributed by atoms with van der Waals surface area (Å²) in [5, 5.41) is 16.8. The molecule has 0 saturated carbocycles. The van der Waals surface area contributed by atoms with Gasteiger partial charge in [0.1, 0.15) is 28.5 Å². The van der Waals surface area contributed by atoms with Crippen molar-refractivity contribution in [3.63, 3.8) is 0 Å². The third-order valence-electron chi connectivity index (χ3n) is 5.43. The van der Waals surface area contributed by atoms with E-state index in [9.17, 15) is 13.6 Å². The fourth-order valence-electron chi connectivity index (χ4n) is 3.76. The molecule has 5 aromatic rings. The Hall–Kier alpha value is -4.18. The first kappa shape index (κ1) is 21.7. The van der Waals surface area contributed by atoms with E-state index in [0.29, 0.717) is 29.1 Å². The van der Waals surface area contributed by atoms with Crippen molar-refractivity contribution in [1.29, 1.82) is 0 Å². The lowest BCUT2D eigenvalue weighted by Crippen LogP contribution is -2.26. The molecule has 0 saturated heterocycles. The maximum Gasteiger partial charge on any atom is 0.271 e. The molecule has 0 fully saturated rings. The summed E-state index contributed by atoms with van der Waals surface area (Å²) in [4.78, 5) is 21.4. The van der Waals surface area contributed by atoms with Gasteiger partial charge in [-0.3, -0.25) is 9.20 Å². The van der Waals surface area contributed by atoms with Gasteiger partial charge in [-0.25, -0.2) is 23.4 Å². The number of carbonyl (C=O) groups excluding carboxylic acids is 1. The number of aromatic nitrogens is 5. The Balaban J connectivity index is 1.66. The van der Waals surface area contributed by atoms with Gasteiger partial charge in [-0.15, -0.1) is 0 Å². The molecule has 172 valence electrons. The largest absolute Gasteiger partial charge is 0.395 e. The summed E-state index contributed by atoms with van der Waals surface area (Å²) in [6, 6.07) is 12.4. The Bertz CT molecular complexity index is 1540. The van der Waals surface area contributed by atoms with E-state index in [1.54, 1.807) is 22.7 Å². The second kappa shape index (κ2) is 8.64. The summed E-state index contributed by atoms with van der Waals surface area (Å²) in [6.45, 7) is 1.89. The van der Waals surface area contributed by atoms with Crippen molar-refractivity contribution in [2.75, 3.05) is 13.2 Å². The number of nitrogens with zero attached hydrogens (tertiary/aromatic N) is 5. The molecule has 0 atom stereocenters. The lowest BCUT2D eigenvalue weighted by atomic mass is 10.2. The van der Waals surface area contributed by atoms with Gasteiger partial charge in [0.05, 0.1) is 23.7 Å². The van der Waals surface area contributed by atoms with Crippen LogP contribution in [-0.2, 0) is 6.42 Å². The molecule has 1 amide bonds. The van der Waals surface area contributed by atoms with Crippen molar-refractivity contribution in [2.45, 2.75) is 13.3 Å². The number of pyridine rings is 2. The van der Waals surface area contributed by atoms with Crippen LogP contribution in [0.2, 0.25) is 0 Å². The normalized spacial score (nSPS) is 11.4. The SMILES string of the molecule is CCc1cc(-c2ccc3ccc4nc(C(=O)NCCO)cn4c3n2)n(-c2ccc(F)cc2F)n1. The highest BCUT2D eigenvalue weighted by atomic mass is 19.1. The van der Waals surface area contributed by atoms with Crippen molar-refractivity contribution in [3.05, 3.63) is 77.8 Å². The number of hydrogen-bond acceptors (Lipinski definition) is 5. The highest BCUT2D eigenvalue weighted by Crippen LogP contribution is 2.27. The van der Waals surface area contributed by atoms with Gasteiger partial charge in [0.25, 0.3) is 5.91 Å². The van der Waals surface area contributed by atoms with Gasteiger partial charge in [0.15, 0.2) is 5.82 Å². The van der Waals surface area contributed by atoms with Crippen LogP contribution in [0.3, 0.4) is 0 Å². The molecule has 4 heterocycles. The first-order valence-corrected chi connectivity index (χ1v) is 10.7. The Kier molecular flexibility index (Phi) is 5.50. The lowest BCUT2D eigenvalue weighted by Gasteiger charge is -2.09. The lowest BCUT2D eigenvalue weighted by molar-refractivity contribution is 0.0940. The molecule has 10 heteroatoms. The molecule has 1 aromatic carbocycles. The van der Waals surface area contributed by atoms with Gasteiger partial charge in [0, 0.05) is 24.2 Å². The average molecular weight is 462 g/mol. The van der Waals surface area contributed by atoms with E-state index in [-0.39, 0.29) is 24.5 Å². The Labute approximate surface area is 192 Å². The van der Waals surface area contributed by atoms with Crippen molar-refractivity contribution < 1.29 is 18.7 Å². The van der Waals surface area contributed by atoms with Crippen molar-refractivity contribution in [3.8, 4) is 17.1 Å². The molecule has 4 aromatic heterocycles. The maximum atomic E-state index is 14.6. The first-order chi connectivity index (χ1) is 16.5. The minimum atomic E-state index is -0.733. The number of benzene rings is 1. The standard InChI is InChI=1S/C24H20F2N6O2/c1-2-16-12-21(32(30-16)20-7-5-15(25)11-17(20)26)18-6-3-14-4-8-22-28-19(24(34)27-9-10-33)13-31(22)23(14)29-18/h3-8,11-13,33H,2,9-10H2,1H3,(H,27,34). The number of carbonyl (C=O) groups is 1. The highest BCUT2D eigenvalue weighted by Gasteiger charge is 2.18. The first-order valence-electron chi connectivity index (χ1n) is 10.7. The molecule has 0 aliphatic rings. The summed E-state index contributed by atoms with van der Waals surface area (Å²) in [7, 11) is 0. The van der Waals surface area contributed by atoms with Crippen molar-refractivity contribution >= 4 is 22.6 Å². The van der Waals surface area contributed by atoms with Crippen LogP contribution in [0.25, 0.3) is 33.8 Å². The quantitative estimate of drug-likeness (QED) is 0.404. The third kappa shape index (κ3) is 3.77. The van der Waals surface area contributed by atoms with Gasteiger partial charge in [-0.05, 0) is 48.9 Å². The van der Waals surface area contributed by atoms with Crippen LogP contribution in [0.4, 0.5) is 8.78 Å². The Morgan fingerprint density at radius 2 is 1.91 bits per heavy atom. The zero-order chi connectivity index (χ0) is 23.8. The van der Waals surface area contributed by atoms with Gasteiger partial charge < -0.3 is 10.4 Å². The predicted molar refractivity (Wildman–Crippen MR) is 122 cm³/mol. The number of aliphatic hydroxyl groups is 1. The number of rotatable bonds is 6. The van der Waals surface area contributed by atoms with E-state index in [1.165, 1.54) is 16.8 Å². The van der Waals surface area contributed by atoms with Gasteiger partial charge in [0.2, 0.25) is 0 Å². The monoisotopic (exact) mass is 462 g/mol. The molecule has 0 aliphatic heterocycles. The molecule has 5 rings (SSSR count). The Morgan fingerprint density at radius 3 is 2.68 bits per heavy atom. The van der Waals surface area contributed by atoms with Crippen LogP contribution >= 0.6 is 0 Å². The molecule has 34 heavy (non-hydrogen) atoms. The van der Waals surface area contributed by atoms with E-state index >= 15 is 0 Å². The third-order valence-corrected chi connectivity index (χ3v) is 5.43. The minimum Gasteiger partial charge on any atom is -0.395 e. The fraction of sp³-hybridized carbons (Fsp3) is 0.167. The summed E-state index contributed by atoms with van der Waals surface area (Å²) < 4.78 is 31.2. The highest BCUT2D eigenvalue weighted by molar-refractivity contribution is 5.93. The second-order valence-corrected chi connectivity index (χ2v) is 7.66. The molecule has 0 radical (unpaired) electrons. The Morgan fingerprint density at radius 1 is 1.09 bits per heavy atom. The molecule has 0 bridgehead atoms. The van der Waals surface area contributed by atoms with Crippen LogP contribution in [0.1, 0.15) is 23.1 Å². The van der Waals surface area contributed by atoms with Crippen molar-refractivity contribution in [1.82, 2.24) is 29.5 Å². The van der Waals surface area contributed by atoms with Crippen LogP contribution < -0.4 is 5.32 Å². The maximum absolute atomic E-state index is 14.6. The number of fused-ring (bicyclic) bond motifs is 3. The predicted octanol–water partition coefficient (Wildman–Crippen LogP) is 3.30. The smallest absolute Gasteiger partial charge is 0.271 e. The van der Waals surface area contributed by atoms with Crippen LogP contribution in [0, 0.1) is 11.6 Å². The molecule has 8 nitrogen and oxygen atoms in total. The van der Waals surface area contributed by atoms with E-state index in [4.69, 9.17) is 10.1 Å². The van der Waals surface area contributed by atoms with Gasteiger partial charge in [-0.2, -0.15) is 5.10 Å². The van der Waals surface area contributed by atoms with E-state index in [0.717, 1.165) is 17.1 Å². The molecule has 0 spiro atoms. The van der Waals surface area contributed by atoms with E-state index in [1.807, 2.05) is 25.1 Å². The molecular weight excluding hydrogens is 442 g/mol. The van der Waals surface area contributed by atoms with Crippen molar-refractivity contribution in [2.24, 2.45) is 0 Å². The number of hydrogen-bond donors (Lipinski definition) is 2. The number of aryl methyl sites for hydroxylation is 1. The zero-order valence-corrected chi connectivity index (χ0v) is 18.2. The molecule has 2 N–H and O–H groups in total. The van der Waals surface area contributed by atoms with Crippen LogP contribution in [0.5, 0.6) is 0 Å². The fourth-order valence-corrected chi connectivity index (χ4v) is 3.76. The molecular formula is C24H20F2N6O2. The summed E-state index contributed by atoms with van der Waals surface area (Å²) in [5.41, 5.74) is 3.18. The molecule has 0 unspecified atom stereocenters. The average Bonchev–Trinajstić information content (AvgIpc) is 3.47. The van der Waals surface area contributed by atoms with E-state index < -0.39 is 17.5 Å². The number of aliphatic hydroxyl groups excluding tert-OH is 1. The minimum absolute atomic E-state index is 0.113. The zero-order valence-electron chi connectivity index (χ0n) is 18.2.